The molecule has 2 aliphatic rings. The van der Waals surface area contributed by atoms with Gasteiger partial charge in [-0.1, -0.05) is 11.6 Å². The average Bonchev–Trinajstić information content (AvgIpc) is 2.88. The zero-order valence-electron chi connectivity index (χ0n) is 12.6. The van der Waals surface area contributed by atoms with Crippen molar-refractivity contribution in [2.24, 2.45) is 11.8 Å². The molecule has 0 radical (unpaired) electrons. The van der Waals surface area contributed by atoms with E-state index in [4.69, 9.17) is 11.6 Å². The van der Waals surface area contributed by atoms with E-state index in [2.05, 4.69) is 14.9 Å². The Balaban J connectivity index is 1.60. The summed E-state index contributed by atoms with van der Waals surface area (Å²) in [6.07, 6.45) is 2.77. The lowest BCUT2D eigenvalue weighted by Gasteiger charge is -2.27. The zero-order chi connectivity index (χ0) is 16.4. The van der Waals surface area contributed by atoms with E-state index in [0.717, 1.165) is 16.5 Å². The summed E-state index contributed by atoms with van der Waals surface area (Å²) in [5, 5.41) is 19.4. The second-order valence-corrected chi connectivity index (χ2v) is 9.08. The molecule has 0 saturated heterocycles. The molecule has 23 heavy (non-hydrogen) atoms. The molecule has 1 aromatic carbocycles. The first-order valence-corrected chi connectivity index (χ1v) is 9.71. The van der Waals surface area contributed by atoms with Gasteiger partial charge in [0.1, 0.15) is 0 Å². The molecule has 4 atom stereocenters. The van der Waals surface area contributed by atoms with Gasteiger partial charge >= 0.3 is 0 Å². The Hall–Kier alpha value is -1.15. The summed E-state index contributed by atoms with van der Waals surface area (Å²) in [7, 11) is -3.20. The van der Waals surface area contributed by atoms with Crippen molar-refractivity contribution in [2.75, 3.05) is 5.75 Å². The molecular formula is C15H18ClN3O3S. The number of H-pyrrole nitrogens is 1. The van der Waals surface area contributed by atoms with Crippen molar-refractivity contribution in [1.29, 1.82) is 0 Å². The number of nitrogens with zero attached hydrogens (tertiary/aromatic N) is 1. The van der Waals surface area contributed by atoms with Gasteiger partial charge in [-0.15, -0.1) is 0 Å². The molecule has 6 nitrogen and oxygen atoms in total. The first-order valence-electron chi connectivity index (χ1n) is 7.68. The highest BCUT2D eigenvalue weighted by Crippen LogP contribution is 2.60. The fourth-order valence-corrected chi connectivity index (χ4v) is 5.10. The molecule has 0 amide bonds. The van der Waals surface area contributed by atoms with Crippen molar-refractivity contribution in [2.45, 2.75) is 31.4 Å². The lowest BCUT2D eigenvalue weighted by Crippen LogP contribution is -2.34. The normalized spacial score (nSPS) is 33.1. The first-order chi connectivity index (χ1) is 10.8. The number of hydrogen-bond acceptors (Lipinski definition) is 4. The van der Waals surface area contributed by atoms with Gasteiger partial charge in [0, 0.05) is 16.5 Å². The lowest BCUT2D eigenvalue weighted by molar-refractivity contribution is 0.0303. The molecule has 1 heterocycles. The van der Waals surface area contributed by atoms with Crippen molar-refractivity contribution in [1.82, 2.24) is 14.9 Å². The van der Waals surface area contributed by atoms with Crippen LogP contribution in [0.15, 0.2) is 18.3 Å². The van der Waals surface area contributed by atoms with E-state index in [1.165, 1.54) is 0 Å². The maximum atomic E-state index is 11.7. The third-order valence-electron chi connectivity index (χ3n) is 5.20. The lowest BCUT2D eigenvalue weighted by atomic mass is 9.86. The standard InChI is InChI=1S/C15H18ClN3O3S/c1-2-23(21,22)19-14-9-5-15(20,6-10(9)14)12-3-8(16)4-13-11(12)7-17-18-13/h3-4,7,9-10,14,19-20H,2,5-6H2,1H3,(H,17,18)/t9-,10+,14+,15+. The van der Waals surface area contributed by atoms with Crippen LogP contribution < -0.4 is 4.72 Å². The Kier molecular flexibility index (Phi) is 3.29. The van der Waals surface area contributed by atoms with Crippen molar-refractivity contribution >= 4 is 32.5 Å². The molecule has 3 N–H and O–H groups in total. The van der Waals surface area contributed by atoms with Crippen molar-refractivity contribution in [3.8, 4) is 0 Å². The number of aromatic nitrogens is 2. The number of benzene rings is 1. The summed E-state index contributed by atoms with van der Waals surface area (Å²) in [6, 6.07) is 3.53. The monoisotopic (exact) mass is 355 g/mol. The highest BCUT2D eigenvalue weighted by molar-refractivity contribution is 7.89. The van der Waals surface area contributed by atoms with Gasteiger partial charge in [0.15, 0.2) is 0 Å². The highest BCUT2D eigenvalue weighted by atomic mass is 35.5. The fourth-order valence-electron chi connectivity index (χ4n) is 3.95. The Morgan fingerprint density at radius 2 is 2.13 bits per heavy atom. The molecule has 0 bridgehead atoms. The van der Waals surface area contributed by atoms with Gasteiger partial charge in [0.2, 0.25) is 10.0 Å². The van der Waals surface area contributed by atoms with Crippen LogP contribution >= 0.6 is 11.6 Å². The van der Waals surface area contributed by atoms with E-state index in [1.54, 1.807) is 25.3 Å². The summed E-state index contributed by atoms with van der Waals surface area (Å²) in [5.41, 5.74) is 0.596. The molecule has 124 valence electrons. The van der Waals surface area contributed by atoms with Gasteiger partial charge in [-0.3, -0.25) is 5.10 Å². The molecule has 2 fully saturated rings. The van der Waals surface area contributed by atoms with Gasteiger partial charge in [-0.05, 0) is 49.3 Å². The van der Waals surface area contributed by atoms with Gasteiger partial charge < -0.3 is 5.11 Å². The van der Waals surface area contributed by atoms with Crippen LogP contribution in [0, 0.1) is 11.8 Å². The summed E-state index contributed by atoms with van der Waals surface area (Å²) in [4.78, 5) is 0. The van der Waals surface area contributed by atoms with Crippen LogP contribution in [-0.2, 0) is 15.6 Å². The van der Waals surface area contributed by atoms with E-state index < -0.39 is 15.6 Å². The summed E-state index contributed by atoms with van der Waals surface area (Å²) >= 11 is 6.15. The van der Waals surface area contributed by atoms with E-state index in [9.17, 15) is 13.5 Å². The number of sulfonamides is 1. The third kappa shape index (κ3) is 2.46. The molecule has 8 heteroatoms. The number of aromatic amines is 1. The second kappa shape index (κ2) is 4.92. The number of fused-ring (bicyclic) bond motifs is 2. The predicted octanol–water partition coefficient (Wildman–Crippen LogP) is 1.75. The minimum absolute atomic E-state index is 0.0424. The zero-order valence-corrected chi connectivity index (χ0v) is 14.2. The minimum Gasteiger partial charge on any atom is -0.385 e. The maximum absolute atomic E-state index is 11.7. The predicted molar refractivity (Wildman–Crippen MR) is 87.6 cm³/mol. The Morgan fingerprint density at radius 1 is 1.43 bits per heavy atom. The number of hydrogen-bond donors (Lipinski definition) is 3. The van der Waals surface area contributed by atoms with Crippen molar-refractivity contribution < 1.29 is 13.5 Å². The van der Waals surface area contributed by atoms with Gasteiger partial charge in [0.25, 0.3) is 0 Å². The minimum atomic E-state index is -3.20. The van der Waals surface area contributed by atoms with Crippen LogP contribution in [0.25, 0.3) is 10.9 Å². The summed E-state index contributed by atoms with van der Waals surface area (Å²) in [5.74, 6) is 0.446. The average molecular weight is 356 g/mol. The Labute approximate surface area is 139 Å². The van der Waals surface area contributed by atoms with E-state index in [1.807, 2.05) is 0 Å². The van der Waals surface area contributed by atoms with E-state index in [-0.39, 0.29) is 23.6 Å². The topological polar surface area (TPSA) is 95.1 Å². The molecule has 2 aromatic rings. The first kappa shape index (κ1) is 15.4. The van der Waals surface area contributed by atoms with Crippen LogP contribution in [-0.4, -0.2) is 35.5 Å². The molecule has 2 saturated carbocycles. The van der Waals surface area contributed by atoms with Gasteiger partial charge in [0.05, 0.1) is 23.1 Å². The fraction of sp³-hybridized carbons (Fsp3) is 0.533. The van der Waals surface area contributed by atoms with Crippen LogP contribution in [0.1, 0.15) is 25.3 Å². The number of halogens is 1. The van der Waals surface area contributed by atoms with E-state index >= 15 is 0 Å². The van der Waals surface area contributed by atoms with Gasteiger partial charge in [-0.2, -0.15) is 5.10 Å². The van der Waals surface area contributed by atoms with Crippen molar-refractivity contribution in [3.05, 3.63) is 28.9 Å². The number of rotatable bonds is 4. The molecule has 1 aromatic heterocycles. The quantitative estimate of drug-likeness (QED) is 0.778. The Bertz CT molecular complexity index is 867. The maximum Gasteiger partial charge on any atom is 0.211 e. The molecule has 0 aliphatic heterocycles. The number of nitrogens with one attached hydrogen (secondary N) is 2. The molecule has 2 aliphatic carbocycles. The van der Waals surface area contributed by atoms with Crippen LogP contribution in [0.2, 0.25) is 5.02 Å². The number of aliphatic hydroxyl groups is 1. The highest BCUT2D eigenvalue weighted by Gasteiger charge is 2.62. The van der Waals surface area contributed by atoms with Crippen LogP contribution in [0.4, 0.5) is 0 Å². The molecule has 0 unspecified atom stereocenters. The van der Waals surface area contributed by atoms with Crippen LogP contribution in [0.3, 0.4) is 0 Å². The SMILES string of the molecule is CCS(=O)(=O)N[C@H]1[C@@H]2C[C@@](O)(c3cc(Cl)cc4[nH]ncc34)C[C@@H]21. The molecule has 4 rings (SSSR count). The Morgan fingerprint density at radius 3 is 2.78 bits per heavy atom. The molecule has 0 spiro atoms. The molecular weight excluding hydrogens is 338 g/mol. The third-order valence-corrected chi connectivity index (χ3v) is 6.81. The van der Waals surface area contributed by atoms with E-state index in [0.29, 0.717) is 17.9 Å². The second-order valence-electron chi connectivity index (χ2n) is 6.60. The largest absolute Gasteiger partial charge is 0.385 e. The van der Waals surface area contributed by atoms with Crippen LogP contribution in [0.5, 0.6) is 0 Å². The summed E-state index contributed by atoms with van der Waals surface area (Å²) in [6.45, 7) is 1.62. The van der Waals surface area contributed by atoms with Gasteiger partial charge in [-0.25, -0.2) is 13.1 Å². The smallest absolute Gasteiger partial charge is 0.211 e. The van der Waals surface area contributed by atoms with Crippen molar-refractivity contribution in [3.63, 3.8) is 0 Å². The summed E-state index contributed by atoms with van der Waals surface area (Å²) < 4.78 is 26.1.